The maximum Gasteiger partial charge on any atom is 0.332 e. The van der Waals surface area contributed by atoms with Crippen LogP contribution in [0.4, 0.5) is 23.2 Å². The van der Waals surface area contributed by atoms with Crippen molar-refractivity contribution in [2.45, 2.75) is 19.5 Å². The van der Waals surface area contributed by atoms with Gasteiger partial charge in [0.15, 0.2) is 23.3 Å². The standard InChI is InChI=1S/C27H17ClF4N6O3/c1-36-11-33-23(35-36)10-38-26(40)16-6-18(29)15(14-4-13-5-24(39)34-21(13)8-17(14)28)7-22(16)37(27(38)41)9-12-2-19(30)25(32)20(31)3-12/h2-4,6-8,11H,5,9-10H2,1H3,(H,34,39). The van der Waals surface area contributed by atoms with Crippen molar-refractivity contribution in [2.24, 2.45) is 7.05 Å². The number of carbonyl (C=O) groups is 1. The van der Waals surface area contributed by atoms with E-state index in [1.807, 2.05) is 0 Å². The molecular weight excluding hydrogens is 568 g/mol. The Bertz CT molecular complexity index is 2030. The molecule has 1 N–H and O–H groups in total. The van der Waals surface area contributed by atoms with Crippen molar-refractivity contribution in [1.29, 1.82) is 0 Å². The summed E-state index contributed by atoms with van der Waals surface area (Å²) in [4.78, 5) is 43.0. The smallest absolute Gasteiger partial charge is 0.325 e. The average molecular weight is 585 g/mol. The number of aryl methyl sites for hydroxylation is 1. The zero-order valence-corrected chi connectivity index (χ0v) is 21.8. The number of halogens is 5. The summed E-state index contributed by atoms with van der Waals surface area (Å²) in [7, 11) is 1.59. The van der Waals surface area contributed by atoms with Gasteiger partial charge in [0.05, 0.1) is 35.4 Å². The second kappa shape index (κ2) is 9.70. The molecule has 3 heterocycles. The van der Waals surface area contributed by atoms with Crippen molar-refractivity contribution >= 4 is 34.1 Å². The molecule has 0 bridgehead atoms. The fourth-order valence-electron chi connectivity index (χ4n) is 4.87. The first-order valence-electron chi connectivity index (χ1n) is 12.1. The largest absolute Gasteiger partial charge is 0.332 e. The highest BCUT2D eigenvalue weighted by molar-refractivity contribution is 6.34. The molecule has 14 heteroatoms. The minimum Gasteiger partial charge on any atom is -0.325 e. The lowest BCUT2D eigenvalue weighted by atomic mass is 9.99. The minimum atomic E-state index is -1.68. The number of aromatic nitrogens is 5. The Hall–Kier alpha value is -4.78. The fraction of sp³-hybridized carbons (Fsp3) is 0.148. The number of nitrogens with one attached hydrogen (secondary N) is 1. The van der Waals surface area contributed by atoms with Crippen molar-refractivity contribution in [3.05, 3.63) is 109 Å². The predicted molar refractivity (Wildman–Crippen MR) is 141 cm³/mol. The Morgan fingerprint density at radius 1 is 0.902 bits per heavy atom. The number of nitrogens with zero attached hydrogens (tertiary/aromatic N) is 5. The molecule has 1 aliphatic rings. The summed E-state index contributed by atoms with van der Waals surface area (Å²) in [5.41, 5.74) is -0.804. The molecule has 1 aliphatic heterocycles. The van der Waals surface area contributed by atoms with Crippen LogP contribution >= 0.6 is 11.6 Å². The van der Waals surface area contributed by atoms with E-state index in [4.69, 9.17) is 11.6 Å². The second-order valence-electron chi connectivity index (χ2n) is 9.53. The van der Waals surface area contributed by atoms with Gasteiger partial charge in [-0.05, 0) is 47.5 Å². The third-order valence-electron chi connectivity index (χ3n) is 6.75. The maximum atomic E-state index is 15.6. The van der Waals surface area contributed by atoms with E-state index in [2.05, 4.69) is 15.4 Å². The number of anilines is 1. The van der Waals surface area contributed by atoms with Crippen LogP contribution in [-0.2, 0) is 31.4 Å². The van der Waals surface area contributed by atoms with Crippen molar-refractivity contribution < 1.29 is 22.4 Å². The molecule has 0 atom stereocenters. The zero-order chi connectivity index (χ0) is 29.2. The predicted octanol–water partition coefficient (Wildman–Crippen LogP) is 3.76. The summed E-state index contributed by atoms with van der Waals surface area (Å²) in [5.74, 6) is -5.61. The Morgan fingerprint density at radius 3 is 2.32 bits per heavy atom. The zero-order valence-electron chi connectivity index (χ0n) is 21.0. The highest BCUT2D eigenvalue weighted by Crippen LogP contribution is 2.37. The molecule has 2 aromatic heterocycles. The lowest BCUT2D eigenvalue weighted by Gasteiger charge is -2.16. The summed E-state index contributed by atoms with van der Waals surface area (Å²) in [6.07, 6.45) is 1.41. The third kappa shape index (κ3) is 4.57. The van der Waals surface area contributed by atoms with Crippen LogP contribution in [0, 0.1) is 23.3 Å². The van der Waals surface area contributed by atoms with Crippen LogP contribution in [0.1, 0.15) is 17.0 Å². The Morgan fingerprint density at radius 2 is 1.63 bits per heavy atom. The lowest BCUT2D eigenvalue weighted by molar-refractivity contribution is -0.115. The first kappa shape index (κ1) is 26.4. The van der Waals surface area contributed by atoms with Crippen LogP contribution in [0.3, 0.4) is 0 Å². The fourth-order valence-corrected chi connectivity index (χ4v) is 5.14. The lowest BCUT2D eigenvalue weighted by Crippen LogP contribution is -2.41. The molecule has 0 saturated heterocycles. The summed E-state index contributed by atoms with van der Waals surface area (Å²) >= 11 is 6.43. The first-order valence-corrected chi connectivity index (χ1v) is 12.5. The van der Waals surface area contributed by atoms with Gasteiger partial charge in [-0.3, -0.25) is 23.4 Å². The van der Waals surface area contributed by atoms with Crippen molar-refractivity contribution in [2.75, 3.05) is 5.32 Å². The van der Waals surface area contributed by atoms with Crippen LogP contribution in [0.15, 0.2) is 52.3 Å². The van der Waals surface area contributed by atoms with Gasteiger partial charge in [0.25, 0.3) is 5.56 Å². The van der Waals surface area contributed by atoms with Gasteiger partial charge in [-0.25, -0.2) is 27.3 Å². The van der Waals surface area contributed by atoms with Gasteiger partial charge < -0.3 is 5.32 Å². The molecule has 0 spiro atoms. The van der Waals surface area contributed by atoms with Crippen molar-refractivity contribution in [3.63, 3.8) is 0 Å². The molecule has 9 nitrogen and oxygen atoms in total. The van der Waals surface area contributed by atoms with Gasteiger partial charge in [0, 0.05) is 23.9 Å². The topological polar surface area (TPSA) is 104 Å². The van der Waals surface area contributed by atoms with Gasteiger partial charge in [0.1, 0.15) is 12.1 Å². The molecule has 0 saturated carbocycles. The van der Waals surface area contributed by atoms with E-state index in [0.29, 0.717) is 11.3 Å². The molecular formula is C27H17ClF4N6O3. The van der Waals surface area contributed by atoms with Crippen LogP contribution in [0.25, 0.3) is 22.0 Å². The Balaban J connectivity index is 1.60. The second-order valence-corrected chi connectivity index (χ2v) is 9.94. The van der Waals surface area contributed by atoms with Gasteiger partial charge in [0.2, 0.25) is 5.91 Å². The summed E-state index contributed by atoms with van der Waals surface area (Å²) in [5, 5.41) is 6.59. The molecule has 0 aliphatic carbocycles. The van der Waals surface area contributed by atoms with E-state index in [-0.39, 0.29) is 57.3 Å². The van der Waals surface area contributed by atoms with E-state index >= 15 is 4.39 Å². The van der Waals surface area contributed by atoms with Gasteiger partial charge in [-0.15, -0.1) is 0 Å². The van der Waals surface area contributed by atoms with Crippen molar-refractivity contribution in [1.82, 2.24) is 23.9 Å². The van der Waals surface area contributed by atoms with E-state index in [1.165, 1.54) is 29.2 Å². The van der Waals surface area contributed by atoms with Gasteiger partial charge in [-0.2, -0.15) is 5.10 Å². The number of hydrogen-bond donors (Lipinski definition) is 1. The summed E-state index contributed by atoms with van der Waals surface area (Å²) in [6.45, 7) is -0.873. The number of fused-ring (bicyclic) bond motifs is 2. The molecule has 0 fully saturated rings. The van der Waals surface area contributed by atoms with Gasteiger partial charge >= 0.3 is 5.69 Å². The Kier molecular flexibility index (Phi) is 6.25. The number of rotatable bonds is 5. The Labute approximate surface area is 232 Å². The highest BCUT2D eigenvalue weighted by Gasteiger charge is 2.24. The summed E-state index contributed by atoms with van der Waals surface area (Å²) in [6, 6.07) is 6.60. The molecule has 6 rings (SSSR count). The van der Waals surface area contributed by atoms with Crippen LogP contribution in [0.2, 0.25) is 5.02 Å². The SMILES string of the molecule is Cn1cnc(Cn2c(=O)c3cc(F)c(-c4cc5c(cc4Cl)NC(=O)C5)cc3n(Cc3cc(F)c(F)c(F)c3)c2=O)n1. The molecule has 0 unspecified atom stereocenters. The third-order valence-corrected chi connectivity index (χ3v) is 7.07. The molecule has 208 valence electrons. The van der Waals surface area contributed by atoms with Crippen LogP contribution in [-0.4, -0.2) is 29.8 Å². The molecule has 5 aromatic rings. The normalized spacial score (nSPS) is 12.7. The van der Waals surface area contributed by atoms with Gasteiger partial charge in [-0.1, -0.05) is 11.6 Å². The highest BCUT2D eigenvalue weighted by atomic mass is 35.5. The number of benzene rings is 3. The number of carbonyl (C=O) groups excluding carboxylic acids is 1. The maximum absolute atomic E-state index is 15.6. The van der Waals surface area contributed by atoms with E-state index in [9.17, 15) is 27.6 Å². The first-order chi connectivity index (χ1) is 19.5. The van der Waals surface area contributed by atoms with Crippen molar-refractivity contribution in [3.8, 4) is 11.1 Å². The molecule has 0 radical (unpaired) electrons. The number of amides is 1. The van der Waals surface area contributed by atoms with E-state index in [0.717, 1.165) is 27.3 Å². The van der Waals surface area contributed by atoms with E-state index in [1.54, 1.807) is 7.05 Å². The summed E-state index contributed by atoms with van der Waals surface area (Å²) < 4.78 is 60.5. The average Bonchev–Trinajstić information content (AvgIpc) is 3.50. The number of hydrogen-bond acceptors (Lipinski definition) is 5. The van der Waals surface area contributed by atoms with Crippen LogP contribution < -0.4 is 16.6 Å². The monoisotopic (exact) mass is 584 g/mol. The molecule has 41 heavy (non-hydrogen) atoms. The quantitative estimate of drug-likeness (QED) is 0.250. The van der Waals surface area contributed by atoms with Crippen LogP contribution in [0.5, 0.6) is 0 Å². The molecule has 1 amide bonds. The molecule has 3 aromatic carbocycles. The van der Waals surface area contributed by atoms with E-state index < -0.39 is 41.1 Å². The minimum absolute atomic E-state index is 0.0490.